The molecule has 1 fully saturated rings. The van der Waals surface area contributed by atoms with E-state index in [1.54, 1.807) is 29.7 Å². The lowest BCUT2D eigenvalue weighted by molar-refractivity contribution is -0.127. The zero-order valence-electron chi connectivity index (χ0n) is 25.6. The van der Waals surface area contributed by atoms with Crippen molar-refractivity contribution in [2.75, 3.05) is 24.6 Å². The molecule has 0 aliphatic carbocycles. The molecule has 46 heavy (non-hydrogen) atoms. The molecule has 2 atom stereocenters. The van der Waals surface area contributed by atoms with Gasteiger partial charge in [-0.2, -0.15) is 4.98 Å². The summed E-state index contributed by atoms with van der Waals surface area (Å²) in [6.07, 6.45) is 2.97. The number of hydrogen-bond donors (Lipinski definition) is 1. The van der Waals surface area contributed by atoms with Gasteiger partial charge in [-0.1, -0.05) is 20.4 Å². The van der Waals surface area contributed by atoms with E-state index in [1.165, 1.54) is 12.3 Å². The molecule has 1 saturated heterocycles. The second kappa shape index (κ2) is 11.5. The number of piperazine rings is 1. The van der Waals surface area contributed by atoms with Crippen molar-refractivity contribution in [2.45, 2.75) is 52.1 Å². The molecule has 2 aromatic heterocycles. The first-order chi connectivity index (χ1) is 21.9. The van der Waals surface area contributed by atoms with Crippen LogP contribution in [0.3, 0.4) is 0 Å². The number of carbonyl (C=O) groups excluding carboxylic acids is 1. The highest BCUT2D eigenvalue weighted by molar-refractivity contribution is 6.01. The van der Waals surface area contributed by atoms with Crippen LogP contribution in [0.15, 0.2) is 41.8 Å². The molecule has 0 radical (unpaired) electrons. The fourth-order valence-electron chi connectivity index (χ4n) is 6.58. The number of anilines is 1. The Bertz CT molecular complexity index is 2000. The molecule has 0 spiro atoms. The molecule has 2 aliphatic heterocycles. The lowest BCUT2D eigenvalue weighted by atomic mass is 9.96. The van der Waals surface area contributed by atoms with E-state index in [1.807, 2.05) is 13.8 Å². The van der Waals surface area contributed by atoms with Crippen molar-refractivity contribution >= 4 is 22.6 Å². The van der Waals surface area contributed by atoms with Crippen LogP contribution in [0.2, 0.25) is 0 Å². The van der Waals surface area contributed by atoms with Gasteiger partial charge in [0.2, 0.25) is 5.91 Å². The highest BCUT2D eigenvalue weighted by Gasteiger charge is 2.40. The van der Waals surface area contributed by atoms with Crippen molar-refractivity contribution in [3.8, 4) is 28.3 Å². The predicted octanol–water partition coefficient (Wildman–Crippen LogP) is 5.52. The van der Waals surface area contributed by atoms with Crippen LogP contribution in [0.25, 0.3) is 27.7 Å². The van der Waals surface area contributed by atoms with Crippen molar-refractivity contribution < 1.29 is 32.2 Å². The zero-order valence-corrected chi connectivity index (χ0v) is 25.6. The van der Waals surface area contributed by atoms with Crippen LogP contribution in [0.4, 0.5) is 23.4 Å². The van der Waals surface area contributed by atoms with E-state index < -0.39 is 69.2 Å². The minimum absolute atomic E-state index is 0.0879. The van der Waals surface area contributed by atoms with Crippen LogP contribution in [0, 0.1) is 30.2 Å². The van der Waals surface area contributed by atoms with Gasteiger partial charge in [-0.3, -0.25) is 14.3 Å². The summed E-state index contributed by atoms with van der Waals surface area (Å²) in [5, 5.41) is 10.4. The van der Waals surface area contributed by atoms with Gasteiger partial charge in [-0.15, -0.1) is 0 Å². The van der Waals surface area contributed by atoms with Crippen molar-refractivity contribution in [3.05, 3.63) is 82.1 Å². The Labute approximate surface area is 261 Å². The summed E-state index contributed by atoms with van der Waals surface area (Å²) in [7, 11) is 0. The zero-order chi connectivity index (χ0) is 33.2. The lowest BCUT2D eigenvalue weighted by Crippen LogP contribution is -2.60. The monoisotopic (exact) mass is 637 g/mol. The van der Waals surface area contributed by atoms with Gasteiger partial charge < -0.3 is 19.6 Å². The number of halogens is 4. The Morgan fingerprint density at radius 1 is 1.11 bits per heavy atom. The highest BCUT2D eigenvalue weighted by Crippen LogP contribution is 2.48. The van der Waals surface area contributed by atoms with Gasteiger partial charge >= 0.3 is 5.69 Å². The summed E-state index contributed by atoms with van der Waals surface area (Å²) >= 11 is 0. The Balaban J connectivity index is 1.80. The number of phenols is 1. The van der Waals surface area contributed by atoms with Crippen LogP contribution >= 0.6 is 0 Å². The maximum atomic E-state index is 17.2. The first-order valence-corrected chi connectivity index (χ1v) is 14.8. The molecular formula is C33H31F4N5O4. The van der Waals surface area contributed by atoms with Gasteiger partial charge in [0.05, 0.1) is 40.5 Å². The van der Waals surface area contributed by atoms with Gasteiger partial charge in [0.25, 0.3) is 0 Å². The molecule has 1 N–H and O–H groups in total. The number of hydrogen-bond acceptors (Lipinski definition) is 7. The maximum absolute atomic E-state index is 17.2. The number of ether oxygens (including phenoxy) is 1. The van der Waals surface area contributed by atoms with Crippen LogP contribution in [0.5, 0.6) is 11.5 Å². The molecule has 1 amide bonds. The predicted molar refractivity (Wildman–Crippen MR) is 164 cm³/mol. The number of pyridine rings is 1. The molecule has 9 nitrogen and oxygen atoms in total. The van der Waals surface area contributed by atoms with Crippen molar-refractivity contribution in [3.63, 3.8) is 0 Å². The molecule has 0 bridgehead atoms. The largest absolute Gasteiger partial charge is 0.507 e. The van der Waals surface area contributed by atoms with E-state index >= 15 is 13.2 Å². The Kier molecular flexibility index (Phi) is 7.73. The number of nitrogens with zero attached hydrogens (tertiary/aromatic N) is 5. The molecule has 2 aromatic carbocycles. The van der Waals surface area contributed by atoms with Gasteiger partial charge in [-0.05, 0) is 49.6 Å². The summed E-state index contributed by atoms with van der Waals surface area (Å²) in [5.41, 5.74) is -2.53. The third kappa shape index (κ3) is 4.67. The summed E-state index contributed by atoms with van der Waals surface area (Å²) < 4.78 is 70.5. The molecule has 4 heterocycles. The number of aryl methyl sites for hydroxylation is 1. The first-order valence-electron chi connectivity index (χ1n) is 14.8. The third-order valence-electron chi connectivity index (χ3n) is 8.61. The number of aromatic hydroxyl groups is 1. The van der Waals surface area contributed by atoms with Gasteiger partial charge in [-0.25, -0.2) is 22.4 Å². The van der Waals surface area contributed by atoms with Crippen LogP contribution < -0.4 is 15.3 Å². The van der Waals surface area contributed by atoms with Gasteiger partial charge in [0.15, 0.2) is 29.0 Å². The van der Waals surface area contributed by atoms with Crippen LogP contribution in [-0.2, 0) is 4.79 Å². The molecular weight excluding hydrogens is 606 g/mol. The van der Waals surface area contributed by atoms with E-state index in [2.05, 4.69) is 16.5 Å². The second-order valence-electron chi connectivity index (χ2n) is 11.9. The molecule has 2 unspecified atom stereocenters. The first kappa shape index (κ1) is 31.1. The quantitative estimate of drug-likeness (QED) is 0.233. The fraction of sp³-hybridized carbons (Fsp3) is 0.333. The van der Waals surface area contributed by atoms with Crippen LogP contribution in [-0.4, -0.2) is 62.2 Å². The normalized spacial score (nSPS) is 17.8. The fourth-order valence-corrected chi connectivity index (χ4v) is 6.58. The Morgan fingerprint density at radius 2 is 1.85 bits per heavy atom. The van der Waals surface area contributed by atoms with Gasteiger partial charge in [0, 0.05) is 31.7 Å². The molecule has 0 saturated carbocycles. The summed E-state index contributed by atoms with van der Waals surface area (Å²) in [5.74, 6) is -8.10. The highest BCUT2D eigenvalue weighted by atomic mass is 19.2. The van der Waals surface area contributed by atoms with E-state index in [9.17, 15) is 19.1 Å². The Hall–Kier alpha value is -4.94. The van der Waals surface area contributed by atoms with Crippen molar-refractivity contribution in [2.24, 2.45) is 0 Å². The molecule has 6 rings (SSSR count). The smallest absolute Gasteiger partial charge is 0.354 e. The number of carbonyl (C=O) groups is 1. The summed E-state index contributed by atoms with van der Waals surface area (Å²) in [4.78, 5) is 38.9. The number of aromatic nitrogens is 3. The minimum atomic E-state index is -1.68. The van der Waals surface area contributed by atoms with Crippen LogP contribution in [0.1, 0.15) is 44.4 Å². The number of rotatable bonds is 4. The standard InChI is InChI=1S/C33H31F4N5O4/c1-6-21(44)40-13-17(5)41-18(14-40)10-12-46-31-24-30(26(36)23(27(31)37)22-20(43)8-7-19(34)25(22)35)42(33(45)39-32(24)41)29-16(4)9-11-38-28(29)15(2)3/h6-9,11,15,17-18,43H,1,10,12-14H2,2-5H3. The summed E-state index contributed by atoms with van der Waals surface area (Å²) in [6.45, 7) is 11.0. The molecule has 4 aromatic rings. The maximum Gasteiger partial charge on any atom is 0.354 e. The topological polar surface area (TPSA) is 101 Å². The summed E-state index contributed by atoms with van der Waals surface area (Å²) in [6, 6.07) is 2.09. The van der Waals surface area contributed by atoms with E-state index in [4.69, 9.17) is 4.74 Å². The number of benzene rings is 2. The van der Waals surface area contributed by atoms with Crippen molar-refractivity contribution in [1.29, 1.82) is 0 Å². The molecule has 2 aliphatic rings. The lowest BCUT2D eigenvalue weighted by Gasteiger charge is -2.47. The van der Waals surface area contributed by atoms with E-state index in [0.29, 0.717) is 17.3 Å². The van der Waals surface area contributed by atoms with Gasteiger partial charge in [0.1, 0.15) is 17.1 Å². The number of phenolic OH excluding ortho intramolecular Hbond substituents is 1. The average Bonchev–Trinajstić information content (AvgIpc) is 3.00. The Morgan fingerprint density at radius 3 is 2.54 bits per heavy atom. The SMILES string of the molecule is C=CC(=O)N1CC(C)N2c3nc(=O)n(-c4c(C)ccnc4C(C)C)c4c(F)c(-c5c(O)ccc(F)c5F)c(F)c(c34)OCCC2C1. The number of amides is 1. The van der Waals surface area contributed by atoms with Crippen molar-refractivity contribution in [1.82, 2.24) is 19.4 Å². The minimum Gasteiger partial charge on any atom is -0.507 e. The number of fused-ring (bicyclic) bond motifs is 2. The van der Waals surface area contributed by atoms with E-state index in [0.717, 1.165) is 10.6 Å². The second-order valence-corrected chi connectivity index (χ2v) is 11.9. The molecule has 13 heteroatoms. The molecule has 240 valence electrons. The third-order valence-corrected chi connectivity index (χ3v) is 8.61. The van der Waals surface area contributed by atoms with E-state index in [-0.39, 0.29) is 54.8 Å². The average molecular weight is 638 g/mol.